The van der Waals surface area contributed by atoms with Crippen molar-refractivity contribution in [3.63, 3.8) is 0 Å². The summed E-state index contributed by atoms with van der Waals surface area (Å²) < 4.78 is 0. The van der Waals surface area contributed by atoms with Crippen molar-refractivity contribution in [1.82, 2.24) is 9.97 Å². The highest BCUT2D eigenvalue weighted by atomic mass is 32.2. The van der Waals surface area contributed by atoms with Gasteiger partial charge < -0.3 is 10.7 Å². The molecule has 0 aliphatic rings. The van der Waals surface area contributed by atoms with Crippen LogP contribution in [0.2, 0.25) is 0 Å². The molecule has 5 nitrogen and oxygen atoms in total. The molecule has 0 radical (unpaired) electrons. The van der Waals surface area contributed by atoms with Crippen LogP contribution >= 0.6 is 11.8 Å². The fourth-order valence-electron chi connectivity index (χ4n) is 1.10. The van der Waals surface area contributed by atoms with Gasteiger partial charge in [0.1, 0.15) is 11.6 Å². The average molecular weight is 255 g/mol. The van der Waals surface area contributed by atoms with Gasteiger partial charge in [-0.2, -0.15) is 0 Å². The first kappa shape index (κ1) is 14.1. The van der Waals surface area contributed by atoms with Crippen LogP contribution in [0.3, 0.4) is 0 Å². The molecule has 0 saturated carbocycles. The van der Waals surface area contributed by atoms with Gasteiger partial charge in [0.05, 0.1) is 0 Å². The van der Waals surface area contributed by atoms with Crippen molar-refractivity contribution in [3.05, 3.63) is 6.07 Å². The topological polar surface area (TPSA) is 75.9 Å². The van der Waals surface area contributed by atoms with Crippen LogP contribution in [-0.2, 0) is 0 Å². The van der Waals surface area contributed by atoms with Crippen molar-refractivity contribution in [2.45, 2.75) is 38.9 Å². The first-order valence-corrected chi connectivity index (χ1v) is 6.75. The average Bonchev–Trinajstić information content (AvgIpc) is 2.27. The van der Waals surface area contributed by atoms with Crippen LogP contribution in [0.4, 0.5) is 11.6 Å². The van der Waals surface area contributed by atoms with E-state index in [0.717, 1.165) is 5.82 Å². The van der Waals surface area contributed by atoms with E-state index in [1.54, 1.807) is 0 Å². The van der Waals surface area contributed by atoms with Crippen molar-refractivity contribution in [3.8, 4) is 0 Å². The number of anilines is 2. The predicted molar refractivity (Wildman–Crippen MR) is 74.2 cm³/mol. The van der Waals surface area contributed by atoms with Gasteiger partial charge in [0.2, 0.25) is 0 Å². The zero-order valence-electron chi connectivity index (χ0n) is 11.0. The Hall–Kier alpha value is -1.01. The highest BCUT2D eigenvalue weighted by Gasteiger charge is 2.20. The Morgan fingerprint density at radius 3 is 2.35 bits per heavy atom. The molecule has 17 heavy (non-hydrogen) atoms. The van der Waals surface area contributed by atoms with E-state index >= 15 is 0 Å². The monoisotopic (exact) mass is 255 g/mol. The molecule has 0 amide bonds. The quantitative estimate of drug-likeness (QED) is 0.332. The van der Waals surface area contributed by atoms with Crippen LogP contribution in [0.1, 0.15) is 27.7 Å². The molecule has 0 spiro atoms. The lowest BCUT2D eigenvalue weighted by molar-refractivity contribution is 0.358. The van der Waals surface area contributed by atoms with E-state index < -0.39 is 0 Å². The molecule has 1 unspecified atom stereocenters. The maximum Gasteiger partial charge on any atom is 0.191 e. The maximum atomic E-state index is 5.38. The van der Waals surface area contributed by atoms with Gasteiger partial charge in [-0.3, -0.25) is 0 Å². The Morgan fingerprint density at radius 1 is 1.29 bits per heavy atom. The lowest BCUT2D eigenvalue weighted by atomic mass is 9.88. The van der Waals surface area contributed by atoms with Crippen molar-refractivity contribution >= 4 is 23.4 Å². The molecular formula is C11H21N5S. The fourth-order valence-corrected chi connectivity index (χ4v) is 1.48. The van der Waals surface area contributed by atoms with Gasteiger partial charge in [0.25, 0.3) is 0 Å². The molecule has 1 aromatic rings. The molecule has 6 heteroatoms. The van der Waals surface area contributed by atoms with Crippen LogP contribution < -0.4 is 16.6 Å². The summed E-state index contributed by atoms with van der Waals surface area (Å²) in [7, 11) is 0. The summed E-state index contributed by atoms with van der Waals surface area (Å²) in [6.45, 7) is 8.69. The highest BCUT2D eigenvalue weighted by molar-refractivity contribution is 7.98. The van der Waals surface area contributed by atoms with E-state index in [2.05, 4.69) is 48.4 Å². The van der Waals surface area contributed by atoms with Crippen LogP contribution in [0.5, 0.6) is 0 Å². The third-order valence-corrected chi connectivity index (χ3v) is 3.25. The molecule has 1 rings (SSSR count). The number of nitrogens with zero attached hydrogens (tertiary/aromatic N) is 2. The molecule has 0 aliphatic heterocycles. The van der Waals surface area contributed by atoms with E-state index in [1.165, 1.54) is 11.8 Å². The lowest BCUT2D eigenvalue weighted by Crippen LogP contribution is -2.31. The Kier molecular flexibility index (Phi) is 4.59. The fraction of sp³-hybridized carbons (Fsp3) is 0.636. The molecule has 1 aromatic heterocycles. The Balaban J connectivity index is 2.90. The predicted octanol–water partition coefficient (Wildman–Crippen LogP) is 2.33. The molecule has 1 atom stereocenters. The molecule has 0 fully saturated rings. The largest absolute Gasteiger partial charge is 0.367 e. The van der Waals surface area contributed by atoms with Crippen molar-refractivity contribution in [1.29, 1.82) is 0 Å². The molecule has 0 saturated heterocycles. The van der Waals surface area contributed by atoms with Crippen LogP contribution in [0.15, 0.2) is 11.2 Å². The summed E-state index contributed by atoms with van der Waals surface area (Å²) in [5, 5.41) is 4.07. The van der Waals surface area contributed by atoms with Crippen LogP contribution in [0.25, 0.3) is 0 Å². The number of hydrazine groups is 1. The smallest absolute Gasteiger partial charge is 0.191 e. The molecule has 96 valence electrons. The minimum Gasteiger partial charge on any atom is -0.367 e. The first-order valence-electron chi connectivity index (χ1n) is 5.53. The molecule has 4 N–H and O–H groups in total. The van der Waals surface area contributed by atoms with Crippen LogP contribution in [-0.4, -0.2) is 22.3 Å². The first-order chi connectivity index (χ1) is 7.86. The SMILES string of the molecule is CSc1nc(NN)cc(NC(C)C(C)(C)C)n1. The third-order valence-electron chi connectivity index (χ3n) is 2.70. The zero-order valence-corrected chi connectivity index (χ0v) is 11.9. The number of aromatic nitrogens is 2. The number of nitrogen functional groups attached to an aromatic ring is 1. The Labute approximate surface area is 107 Å². The van der Waals surface area contributed by atoms with Crippen LogP contribution in [0, 0.1) is 5.41 Å². The maximum absolute atomic E-state index is 5.38. The summed E-state index contributed by atoms with van der Waals surface area (Å²) in [6.07, 6.45) is 1.94. The van der Waals surface area contributed by atoms with Gasteiger partial charge in [0.15, 0.2) is 5.16 Å². The molecule has 0 aromatic carbocycles. The van der Waals surface area contributed by atoms with Gasteiger partial charge in [-0.25, -0.2) is 15.8 Å². The summed E-state index contributed by atoms with van der Waals surface area (Å²) in [5.74, 6) is 6.79. The van der Waals surface area contributed by atoms with Crippen molar-refractivity contribution < 1.29 is 0 Å². The normalized spacial score (nSPS) is 13.3. The summed E-state index contributed by atoms with van der Waals surface area (Å²) in [5.41, 5.74) is 2.72. The number of nitrogens with one attached hydrogen (secondary N) is 2. The van der Waals surface area contributed by atoms with E-state index in [9.17, 15) is 0 Å². The second-order valence-electron chi connectivity index (χ2n) is 5.00. The minimum atomic E-state index is 0.167. The summed E-state index contributed by atoms with van der Waals surface area (Å²) in [6, 6.07) is 2.11. The van der Waals surface area contributed by atoms with Crippen molar-refractivity contribution in [2.75, 3.05) is 17.0 Å². The number of rotatable bonds is 4. The lowest BCUT2D eigenvalue weighted by Gasteiger charge is -2.28. The third kappa shape index (κ3) is 4.05. The minimum absolute atomic E-state index is 0.167. The molecule has 0 aliphatic carbocycles. The number of hydrogen-bond acceptors (Lipinski definition) is 6. The van der Waals surface area contributed by atoms with Gasteiger partial charge in [-0.15, -0.1) is 0 Å². The number of thioether (sulfide) groups is 1. The van der Waals surface area contributed by atoms with Gasteiger partial charge in [-0.05, 0) is 18.6 Å². The summed E-state index contributed by atoms with van der Waals surface area (Å²) in [4.78, 5) is 8.61. The van der Waals surface area contributed by atoms with Crippen molar-refractivity contribution in [2.24, 2.45) is 11.3 Å². The second kappa shape index (κ2) is 5.55. The van der Waals surface area contributed by atoms with Gasteiger partial charge >= 0.3 is 0 Å². The van der Waals surface area contributed by atoms with E-state index in [4.69, 9.17) is 5.84 Å². The Bertz CT molecular complexity index is 352. The van der Waals surface area contributed by atoms with Gasteiger partial charge in [0, 0.05) is 12.1 Å². The van der Waals surface area contributed by atoms with E-state index in [0.29, 0.717) is 17.0 Å². The number of nitrogens with two attached hydrogens (primary N) is 1. The highest BCUT2D eigenvalue weighted by Crippen LogP contribution is 2.23. The van der Waals surface area contributed by atoms with E-state index in [1.807, 2.05) is 12.3 Å². The molecule has 0 bridgehead atoms. The Morgan fingerprint density at radius 2 is 1.88 bits per heavy atom. The van der Waals surface area contributed by atoms with E-state index in [-0.39, 0.29) is 5.41 Å². The number of hydrogen-bond donors (Lipinski definition) is 3. The zero-order chi connectivity index (χ0) is 13.1. The molecule has 1 heterocycles. The standard InChI is InChI=1S/C11H21N5S/c1-7(11(2,3)4)13-8-6-9(16-12)15-10(14-8)17-5/h6-7H,12H2,1-5H3,(H2,13,14,15,16). The summed E-state index contributed by atoms with van der Waals surface area (Å²) >= 11 is 1.49. The molecular weight excluding hydrogens is 234 g/mol. The van der Waals surface area contributed by atoms with Gasteiger partial charge in [-0.1, -0.05) is 32.5 Å². The second-order valence-corrected chi connectivity index (χ2v) is 5.77.